The molecule has 0 spiro atoms. The Kier molecular flexibility index (Phi) is 6.06. The van der Waals surface area contributed by atoms with Crippen LogP contribution in [0.2, 0.25) is 0 Å². The molecule has 1 N–H and O–H groups in total. The number of ether oxygens (including phenoxy) is 2. The fraction of sp³-hybridized carbons (Fsp3) is 0.190. The quantitative estimate of drug-likeness (QED) is 0.626. The van der Waals surface area contributed by atoms with Crippen LogP contribution in [0.5, 0.6) is 5.75 Å². The Morgan fingerprint density at radius 1 is 1.07 bits per heavy atom. The zero-order chi connectivity index (χ0) is 19.9. The Bertz CT molecular complexity index is 949. The maximum Gasteiger partial charge on any atom is 0.361 e. The second-order valence-corrected chi connectivity index (χ2v) is 5.87. The van der Waals surface area contributed by atoms with E-state index in [1.807, 2.05) is 37.3 Å². The summed E-state index contributed by atoms with van der Waals surface area (Å²) < 4.78 is 15.9. The van der Waals surface area contributed by atoms with Crippen LogP contribution >= 0.6 is 0 Å². The number of aromatic nitrogens is 1. The molecular formula is C21H20N2O5. The Morgan fingerprint density at radius 2 is 1.79 bits per heavy atom. The van der Waals surface area contributed by atoms with Gasteiger partial charge in [0.15, 0.2) is 12.3 Å². The summed E-state index contributed by atoms with van der Waals surface area (Å²) >= 11 is 0. The van der Waals surface area contributed by atoms with E-state index in [4.69, 9.17) is 13.9 Å². The van der Waals surface area contributed by atoms with Crippen molar-refractivity contribution in [2.75, 3.05) is 18.5 Å². The van der Waals surface area contributed by atoms with Crippen molar-refractivity contribution in [2.45, 2.75) is 13.8 Å². The van der Waals surface area contributed by atoms with Gasteiger partial charge in [0.1, 0.15) is 11.5 Å². The molecule has 144 valence electrons. The molecule has 0 radical (unpaired) electrons. The molecule has 0 bridgehead atoms. The van der Waals surface area contributed by atoms with Crippen molar-refractivity contribution in [3.05, 3.63) is 66.1 Å². The van der Waals surface area contributed by atoms with Crippen LogP contribution < -0.4 is 10.1 Å². The zero-order valence-electron chi connectivity index (χ0n) is 15.6. The predicted octanol–water partition coefficient (Wildman–Crippen LogP) is 3.84. The number of amides is 1. The maximum atomic E-state index is 12.2. The average molecular weight is 380 g/mol. The van der Waals surface area contributed by atoms with Gasteiger partial charge in [-0.15, -0.1) is 0 Å². The predicted molar refractivity (Wildman–Crippen MR) is 103 cm³/mol. The molecule has 1 aromatic heterocycles. The van der Waals surface area contributed by atoms with Crippen molar-refractivity contribution in [1.29, 1.82) is 0 Å². The highest BCUT2D eigenvalue weighted by Crippen LogP contribution is 2.22. The number of rotatable bonds is 7. The molecule has 0 unspecified atom stereocenters. The molecule has 0 atom stereocenters. The lowest BCUT2D eigenvalue weighted by Gasteiger charge is -2.07. The lowest BCUT2D eigenvalue weighted by Crippen LogP contribution is -2.21. The summed E-state index contributed by atoms with van der Waals surface area (Å²) in [6, 6.07) is 16.1. The van der Waals surface area contributed by atoms with Crippen LogP contribution in [0.3, 0.4) is 0 Å². The highest BCUT2D eigenvalue weighted by Gasteiger charge is 2.20. The Morgan fingerprint density at radius 3 is 2.46 bits per heavy atom. The lowest BCUT2D eigenvalue weighted by molar-refractivity contribution is -0.119. The van der Waals surface area contributed by atoms with Gasteiger partial charge in [-0.1, -0.05) is 18.2 Å². The SMILES string of the molecule is CCOc1ccc(NC(=O)COC(=O)c2nc(-c3ccccc3)oc2C)cc1. The molecule has 0 aliphatic carbocycles. The minimum absolute atomic E-state index is 0.0488. The third-order valence-electron chi connectivity index (χ3n) is 3.79. The second kappa shape index (κ2) is 8.85. The zero-order valence-corrected chi connectivity index (χ0v) is 15.6. The first-order valence-corrected chi connectivity index (χ1v) is 8.79. The van der Waals surface area contributed by atoms with Gasteiger partial charge in [-0.2, -0.15) is 0 Å². The average Bonchev–Trinajstić information content (AvgIpc) is 3.10. The topological polar surface area (TPSA) is 90.7 Å². The number of oxazole rings is 1. The van der Waals surface area contributed by atoms with E-state index in [0.717, 1.165) is 5.56 Å². The van der Waals surface area contributed by atoms with Gasteiger partial charge in [-0.05, 0) is 50.2 Å². The van der Waals surface area contributed by atoms with Crippen LogP contribution in [-0.4, -0.2) is 30.1 Å². The molecule has 1 amide bonds. The molecular weight excluding hydrogens is 360 g/mol. The van der Waals surface area contributed by atoms with Gasteiger partial charge in [0.2, 0.25) is 5.89 Å². The van der Waals surface area contributed by atoms with Crippen molar-refractivity contribution in [3.8, 4) is 17.2 Å². The van der Waals surface area contributed by atoms with Crippen molar-refractivity contribution in [2.24, 2.45) is 0 Å². The molecule has 3 aromatic rings. The first kappa shape index (κ1) is 19.2. The number of carbonyl (C=O) groups is 2. The van der Waals surface area contributed by atoms with Crippen LogP contribution in [0.25, 0.3) is 11.5 Å². The summed E-state index contributed by atoms with van der Waals surface area (Å²) in [4.78, 5) is 28.4. The molecule has 1 heterocycles. The van der Waals surface area contributed by atoms with Crippen molar-refractivity contribution >= 4 is 17.6 Å². The van der Waals surface area contributed by atoms with E-state index in [0.29, 0.717) is 29.7 Å². The summed E-state index contributed by atoms with van der Waals surface area (Å²) in [5.74, 6) is 0.189. The Balaban J connectivity index is 1.56. The van der Waals surface area contributed by atoms with E-state index in [-0.39, 0.29) is 5.69 Å². The van der Waals surface area contributed by atoms with Crippen LogP contribution in [0.15, 0.2) is 59.0 Å². The van der Waals surface area contributed by atoms with E-state index in [1.54, 1.807) is 31.2 Å². The van der Waals surface area contributed by atoms with E-state index >= 15 is 0 Å². The van der Waals surface area contributed by atoms with E-state index in [1.165, 1.54) is 0 Å². The Hall–Kier alpha value is -3.61. The number of hydrogen-bond donors (Lipinski definition) is 1. The number of esters is 1. The number of benzene rings is 2. The second-order valence-electron chi connectivity index (χ2n) is 5.87. The monoisotopic (exact) mass is 380 g/mol. The summed E-state index contributed by atoms with van der Waals surface area (Å²) in [5.41, 5.74) is 1.37. The number of aryl methyl sites for hydroxylation is 1. The normalized spacial score (nSPS) is 10.4. The van der Waals surface area contributed by atoms with Crippen molar-refractivity contribution in [3.63, 3.8) is 0 Å². The smallest absolute Gasteiger partial charge is 0.361 e. The molecule has 28 heavy (non-hydrogen) atoms. The minimum atomic E-state index is -0.717. The highest BCUT2D eigenvalue weighted by atomic mass is 16.5. The lowest BCUT2D eigenvalue weighted by atomic mass is 10.2. The number of nitrogens with zero attached hydrogens (tertiary/aromatic N) is 1. The number of anilines is 1. The Labute approximate surface area is 162 Å². The molecule has 0 aliphatic rings. The fourth-order valence-electron chi connectivity index (χ4n) is 2.49. The fourth-order valence-corrected chi connectivity index (χ4v) is 2.49. The van der Waals surface area contributed by atoms with Crippen LogP contribution in [0.4, 0.5) is 5.69 Å². The van der Waals surface area contributed by atoms with Gasteiger partial charge >= 0.3 is 5.97 Å². The minimum Gasteiger partial charge on any atom is -0.494 e. The van der Waals surface area contributed by atoms with Gasteiger partial charge in [0, 0.05) is 11.3 Å². The standard InChI is InChI=1S/C21H20N2O5/c1-3-26-17-11-9-16(10-12-17)22-18(24)13-27-21(25)19-14(2)28-20(23-19)15-7-5-4-6-8-15/h4-12H,3,13H2,1-2H3,(H,22,24). The van der Waals surface area contributed by atoms with Gasteiger partial charge in [0.05, 0.1) is 6.61 Å². The van der Waals surface area contributed by atoms with Crippen LogP contribution in [0.1, 0.15) is 23.2 Å². The summed E-state index contributed by atoms with van der Waals surface area (Å²) in [7, 11) is 0. The first-order chi connectivity index (χ1) is 13.6. The summed E-state index contributed by atoms with van der Waals surface area (Å²) in [6.07, 6.45) is 0. The number of hydrogen-bond acceptors (Lipinski definition) is 6. The van der Waals surface area contributed by atoms with Gasteiger partial charge in [-0.3, -0.25) is 4.79 Å². The van der Waals surface area contributed by atoms with Gasteiger partial charge in [-0.25, -0.2) is 9.78 Å². The number of carbonyl (C=O) groups excluding carboxylic acids is 2. The molecule has 0 aliphatic heterocycles. The first-order valence-electron chi connectivity index (χ1n) is 8.79. The van der Waals surface area contributed by atoms with Crippen LogP contribution in [0, 0.1) is 6.92 Å². The van der Waals surface area contributed by atoms with E-state index in [9.17, 15) is 9.59 Å². The molecule has 0 saturated carbocycles. The molecule has 0 saturated heterocycles. The van der Waals surface area contributed by atoms with Crippen LogP contribution in [-0.2, 0) is 9.53 Å². The molecule has 2 aromatic carbocycles. The van der Waals surface area contributed by atoms with E-state index in [2.05, 4.69) is 10.3 Å². The third-order valence-corrected chi connectivity index (χ3v) is 3.79. The molecule has 3 rings (SSSR count). The molecule has 0 fully saturated rings. The summed E-state index contributed by atoms with van der Waals surface area (Å²) in [5, 5.41) is 2.65. The van der Waals surface area contributed by atoms with Crippen molar-refractivity contribution < 1.29 is 23.5 Å². The van der Waals surface area contributed by atoms with E-state index < -0.39 is 18.5 Å². The van der Waals surface area contributed by atoms with Gasteiger partial charge < -0.3 is 19.2 Å². The molecule has 7 heteroatoms. The number of nitrogens with one attached hydrogen (secondary N) is 1. The van der Waals surface area contributed by atoms with Gasteiger partial charge in [0.25, 0.3) is 5.91 Å². The largest absolute Gasteiger partial charge is 0.494 e. The molecule has 7 nitrogen and oxygen atoms in total. The highest BCUT2D eigenvalue weighted by molar-refractivity contribution is 5.95. The third kappa shape index (κ3) is 4.76. The summed E-state index contributed by atoms with van der Waals surface area (Å²) in [6.45, 7) is 3.65. The van der Waals surface area contributed by atoms with Crippen molar-refractivity contribution in [1.82, 2.24) is 4.98 Å². The maximum absolute atomic E-state index is 12.2.